The summed E-state index contributed by atoms with van der Waals surface area (Å²) in [7, 11) is 0. The lowest BCUT2D eigenvalue weighted by Gasteiger charge is -2.14. The summed E-state index contributed by atoms with van der Waals surface area (Å²) in [4.78, 5) is 15.5. The van der Waals surface area contributed by atoms with E-state index in [1.807, 2.05) is 36.4 Å². The Balaban J connectivity index is 1.27. The van der Waals surface area contributed by atoms with Crippen molar-refractivity contribution < 1.29 is 0 Å². The van der Waals surface area contributed by atoms with Gasteiger partial charge >= 0.3 is 0 Å². The topological polar surface area (TPSA) is 43.6 Å². The molecule has 0 saturated heterocycles. The number of fused-ring (bicyclic) bond motifs is 10. The van der Waals surface area contributed by atoms with Gasteiger partial charge in [0.25, 0.3) is 0 Å². The van der Waals surface area contributed by atoms with Crippen LogP contribution in [0.1, 0.15) is 0 Å². The first-order chi connectivity index (χ1) is 25.8. The molecule has 0 saturated carbocycles. The number of hydrogen-bond donors (Lipinski definition) is 0. The minimum atomic E-state index is 0.652. The van der Waals surface area contributed by atoms with Gasteiger partial charge in [-0.1, -0.05) is 146 Å². The van der Waals surface area contributed by atoms with E-state index in [1.54, 1.807) is 11.3 Å². The second-order valence-electron chi connectivity index (χ2n) is 13.2. The van der Waals surface area contributed by atoms with Crippen molar-refractivity contribution in [3.05, 3.63) is 170 Å². The van der Waals surface area contributed by atoms with Crippen LogP contribution >= 0.6 is 11.3 Å². The lowest BCUT2D eigenvalue weighted by atomic mass is 9.99. The highest BCUT2D eigenvalue weighted by atomic mass is 32.1. The van der Waals surface area contributed by atoms with Crippen molar-refractivity contribution >= 4 is 74.9 Å². The molecule has 52 heavy (non-hydrogen) atoms. The Hall–Kier alpha value is -6.69. The van der Waals surface area contributed by atoms with Gasteiger partial charge in [-0.3, -0.25) is 0 Å². The van der Waals surface area contributed by atoms with Crippen molar-refractivity contribution in [2.24, 2.45) is 0 Å². The summed E-state index contributed by atoms with van der Waals surface area (Å²) in [6.07, 6.45) is 0. The molecule has 0 bridgehead atoms. The van der Waals surface area contributed by atoms with Gasteiger partial charge in [-0.15, -0.1) is 11.3 Å². The fraction of sp³-hybridized carbons (Fsp3) is 0. The van der Waals surface area contributed by atoms with E-state index in [9.17, 15) is 0 Å². The molecule has 0 radical (unpaired) electrons. The first-order valence-electron chi connectivity index (χ1n) is 17.5. The van der Waals surface area contributed by atoms with Gasteiger partial charge in [0.2, 0.25) is 0 Å². The van der Waals surface area contributed by atoms with E-state index in [-0.39, 0.29) is 0 Å². The summed E-state index contributed by atoms with van der Waals surface area (Å²) in [5.74, 6) is 1.96. The van der Waals surface area contributed by atoms with Crippen LogP contribution < -0.4 is 0 Å². The average molecular weight is 681 g/mol. The highest BCUT2D eigenvalue weighted by Crippen LogP contribution is 2.44. The van der Waals surface area contributed by atoms with Gasteiger partial charge in [-0.05, 0) is 40.4 Å². The van der Waals surface area contributed by atoms with Crippen LogP contribution in [0.2, 0.25) is 0 Å². The summed E-state index contributed by atoms with van der Waals surface area (Å²) >= 11 is 1.79. The molecule has 4 nitrogen and oxygen atoms in total. The quantitative estimate of drug-likeness (QED) is 0.174. The van der Waals surface area contributed by atoms with Gasteiger partial charge in [0, 0.05) is 58.7 Å². The molecular formula is C47H28N4S. The van der Waals surface area contributed by atoms with Gasteiger partial charge in [0.1, 0.15) is 0 Å². The maximum atomic E-state index is 5.23. The SMILES string of the molecule is c1ccc(-c2nc(-c3ccccc3)nc(-c3cc(-n4c5ccccc5c5ccc6c7ccccc7ccc6c54)cc4c3sc3ccccc34)n2)cc1. The highest BCUT2D eigenvalue weighted by molar-refractivity contribution is 7.26. The van der Waals surface area contributed by atoms with E-state index >= 15 is 0 Å². The summed E-state index contributed by atoms with van der Waals surface area (Å²) < 4.78 is 4.84. The zero-order chi connectivity index (χ0) is 34.2. The van der Waals surface area contributed by atoms with Crippen LogP contribution in [0.15, 0.2) is 170 Å². The first kappa shape index (κ1) is 29.1. The average Bonchev–Trinajstić information content (AvgIpc) is 3.77. The van der Waals surface area contributed by atoms with Crippen LogP contribution in [0, 0.1) is 0 Å². The van der Waals surface area contributed by atoms with Crippen LogP contribution in [0.5, 0.6) is 0 Å². The van der Waals surface area contributed by atoms with E-state index in [0.29, 0.717) is 17.5 Å². The number of nitrogens with zero attached hydrogens (tertiary/aromatic N) is 4. The zero-order valence-electron chi connectivity index (χ0n) is 27.9. The molecule has 0 aliphatic carbocycles. The Morgan fingerprint density at radius 2 is 0.981 bits per heavy atom. The molecule has 242 valence electrons. The molecule has 0 amide bonds. The predicted molar refractivity (Wildman–Crippen MR) is 218 cm³/mol. The molecular weight excluding hydrogens is 653 g/mol. The molecule has 8 aromatic carbocycles. The summed E-state index contributed by atoms with van der Waals surface area (Å²) in [6, 6.07) is 60.3. The molecule has 0 atom stereocenters. The Morgan fingerprint density at radius 1 is 0.404 bits per heavy atom. The third-order valence-corrected chi connectivity index (χ3v) is 11.4. The fourth-order valence-corrected chi connectivity index (χ4v) is 9.05. The number of thiophene rings is 1. The van der Waals surface area contributed by atoms with Crippen LogP contribution in [-0.2, 0) is 0 Å². The van der Waals surface area contributed by atoms with Crippen LogP contribution in [-0.4, -0.2) is 19.5 Å². The molecule has 3 heterocycles. The Morgan fingerprint density at radius 3 is 1.75 bits per heavy atom. The molecule has 11 aromatic rings. The zero-order valence-corrected chi connectivity index (χ0v) is 28.7. The van der Waals surface area contributed by atoms with Crippen molar-refractivity contribution in [2.45, 2.75) is 0 Å². The molecule has 0 N–H and O–H groups in total. The first-order valence-corrected chi connectivity index (χ1v) is 18.3. The number of rotatable bonds is 4. The highest BCUT2D eigenvalue weighted by Gasteiger charge is 2.21. The second-order valence-corrected chi connectivity index (χ2v) is 14.3. The minimum Gasteiger partial charge on any atom is -0.309 e. The number of hydrogen-bond acceptors (Lipinski definition) is 4. The van der Waals surface area contributed by atoms with E-state index in [0.717, 1.165) is 32.6 Å². The Bertz CT molecular complexity index is 3120. The number of aromatic nitrogens is 4. The fourth-order valence-electron chi connectivity index (χ4n) is 7.85. The van der Waals surface area contributed by atoms with Crippen molar-refractivity contribution in [3.8, 4) is 39.9 Å². The maximum Gasteiger partial charge on any atom is 0.165 e. The van der Waals surface area contributed by atoms with Crippen molar-refractivity contribution in [1.82, 2.24) is 19.5 Å². The van der Waals surface area contributed by atoms with Crippen molar-refractivity contribution in [3.63, 3.8) is 0 Å². The lowest BCUT2D eigenvalue weighted by molar-refractivity contribution is 1.07. The molecule has 0 fully saturated rings. The smallest absolute Gasteiger partial charge is 0.165 e. The second kappa shape index (κ2) is 11.4. The summed E-state index contributed by atoms with van der Waals surface area (Å²) in [6.45, 7) is 0. The molecule has 0 aliphatic heterocycles. The van der Waals surface area contributed by atoms with E-state index in [2.05, 4.69) is 138 Å². The Labute approximate surface area is 302 Å². The molecule has 0 spiro atoms. The summed E-state index contributed by atoms with van der Waals surface area (Å²) in [5.41, 5.74) is 6.32. The van der Waals surface area contributed by atoms with Gasteiger partial charge in [-0.2, -0.15) is 0 Å². The summed E-state index contributed by atoms with van der Waals surface area (Å²) in [5, 5.41) is 9.83. The van der Waals surface area contributed by atoms with Crippen LogP contribution in [0.4, 0.5) is 0 Å². The minimum absolute atomic E-state index is 0.652. The third kappa shape index (κ3) is 4.43. The molecule has 0 unspecified atom stereocenters. The lowest BCUT2D eigenvalue weighted by Crippen LogP contribution is -2.01. The largest absolute Gasteiger partial charge is 0.309 e. The van der Waals surface area contributed by atoms with E-state index in [4.69, 9.17) is 15.0 Å². The van der Waals surface area contributed by atoms with Gasteiger partial charge in [0.05, 0.1) is 11.0 Å². The van der Waals surface area contributed by atoms with E-state index < -0.39 is 0 Å². The normalized spacial score (nSPS) is 11.8. The molecule has 5 heteroatoms. The maximum absolute atomic E-state index is 5.23. The van der Waals surface area contributed by atoms with Crippen molar-refractivity contribution in [2.75, 3.05) is 0 Å². The van der Waals surface area contributed by atoms with E-state index in [1.165, 1.54) is 53.3 Å². The molecule has 0 aliphatic rings. The van der Waals surface area contributed by atoms with Crippen LogP contribution in [0.25, 0.3) is 103 Å². The van der Waals surface area contributed by atoms with Crippen molar-refractivity contribution in [1.29, 1.82) is 0 Å². The molecule has 11 rings (SSSR count). The number of para-hydroxylation sites is 1. The molecule has 3 aromatic heterocycles. The van der Waals surface area contributed by atoms with Gasteiger partial charge in [0.15, 0.2) is 17.5 Å². The van der Waals surface area contributed by atoms with Crippen LogP contribution in [0.3, 0.4) is 0 Å². The monoisotopic (exact) mass is 680 g/mol. The Kier molecular flexibility index (Phi) is 6.39. The van der Waals surface area contributed by atoms with Gasteiger partial charge < -0.3 is 4.57 Å². The third-order valence-electron chi connectivity index (χ3n) is 10.2. The number of benzene rings is 8. The predicted octanol–water partition coefficient (Wildman–Crippen LogP) is 12.6. The van der Waals surface area contributed by atoms with Gasteiger partial charge in [-0.25, -0.2) is 15.0 Å². The standard InChI is InChI=1S/C47H28N4S/c1-3-14-30(15-4-1)45-48-46(31-16-5-2-6-17-31)50-47(49-45)40-28-32(27-39-36-20-10-12-22-42(36)52-44(39)40)51-41-21-11-9-19-35(41)38-26-25-34-33-18-8-7-13-29(33)23-24-37(34)43(38)51/h1-28H.